The molecule has 1 aromatic heterocycles. The van der Waals surface area contributed by atoms with Crippen molar-refractivity contribution in [3.8, 4) is 0 Å². The van der Waals surface area contributed by atoms with Crippen LogP contribution >= 0.6 is 0 Å². The van der Waals surface area contributed by atoms with Crippen molar-refractivity contribution in [3.63, 3.8) is 0 Å². The SMILES string of the molecule is CN1CCC2(CCCN2C[C@H]2O[C@@H](N3CCc4c3ccnc4N)[C@H](O)[C@@H]2O)CC1. The smallest absolute Gasteiger partial charge is 0.159 e. The van der Waals surface area contributed by atoms with E-state index in [4.69, 9.17) is 10.5 Å². The minimum atomic E-state index is -0.934. The maximum absolute atomic E-state index is 10.8. The van der Waals surface area contributed by atoms with Crippen LogP contribution < -0.4 is 10.6 Å². The van der Waals surface area contributed by atoms with Gasteiger partial charge in [-0.1, -0.05) is 0 Å². The summed E-state index contributed by atoms with van der Waals surface area (Å²) in [5.74, 6) is 0.538. The van der Waals surface area contributed by atoms with Gasteiger partial charge in [0.05, 0.1) is 0 Å². The summed E-state index contributed by atoms with van der Waals surface area (Å²) >= 11 is 0. The Morgan fingerprint density at radius 2 is 1.97 bits per heavy atom. The molecule has 0 saturated carbocycles. The molecule has 4 aliphatic heterocycles. The first-order valence-electron chi connectivity index (χ1n) is 10.9. The standard InChI is InChI=1S/C21H33N5O3/c1-24-11-6-21(7-12-24)5-2-9-25(21)13-16-17(27)18(28)20(29-16)26-10-4-14-15(26)3-8-23-19(14)22/h3,8,16-18,20,27-28H,2,4-7,9-13H2,1H3,(H2,22,23)/t16-,17-,18-,20-/m1/s1. The van der Waals surface area contributed by atoms with Crippen molar-refractivity contribution in [1.82, 2.24) is 14.8 Å². The quantitative estimate of drug-likeness (QED) is 0.651. The number of pyridine rings is 1. The van der Waals surface area contributed by atoms with Gasteiger partial charge in [0.15, 0.2) is 6.23 Å². The second kappa shape index (κ2) is 7.35. The Bertz CT molecular complexity index is 754. The molecular formula is C21H33N5O3. The van der Waals surface area contributed by atoms with Crippen LogP contribution in [-0.2, 0) is 11.2 Å². The minimum absolute atomic E-state index is 0.235. The second-order valence-electron chi connectivity index (χ2n) is 9.26. The van der Waals surface area contributed by atoms with Crippen molar-refractivity contribution in [2.75, 3.05) is 50.4 Å². The van der Waals surface area contributed by atoms with Crippen molar-refractivity contribution in [2.24, 2.45) is 0 Å². The third kappa shape index (κ3) is 3.21. The van der Waals surface area contributed by atoms with E-state index in [-0.39, 0.29) is 11.6 Å². The number of rotatable bonds is 3. The molecule has 29 heavy (non-hydrogen) atoms. The fraction of sp³-hybridized carbons (Fsp3) is 0.762. The van der Waals surface area contributed by atoms with E-state index in [0.29, 0.717) is 18.9 Å². The number of nitrogen functional groups attached to an aromatic ring is 1. The maximum Gasteiger partial charge on any atom is 0.159 e. The fourth-order valence-electron chi connectivity index (χ4n) is 5.88. The Morgan fingerprint density at radius 3 is 2.76 bits per heavy atom. The van der Waals surface area contributed by atoms with Gasteiger partial charge in [0.1, 0.15) is 24.1 Å². The van der Waals surface area contributed by atoms with Crippen LogP contribution in [0.3, 0.4) is 0 Å². The Labute approximate surface area is 172 Å². The molecule has 4 aliphatic rings. The number of hydrogen-bond donors (Lipinski definition) is 3. The lowest BCUT2D eigenvalue weighted by molar-refractivity contribution is -0.0354. The van der Waals surface area contributed by atoms with Gasteiger partial charge in [0.2, 0.25) is 0 Å². The summed E-state index contributed by atoms with van der Waals surface area (Å²) in [6, 6.07) is 1.92. The third-order valence-electron chi connectivity index (χ3n) is 7.68. The molecule has 0 bridgehead atoms. The summed E-state index contributed by atoms with van der Waals surface area (Å²) in [4.78, 5) is 11.1. The van der Waals surface area contributed by atoms with E-state index in [1.165, 1.54) is 25.7 Å². The van der Waals surface area contributed by atoms with Crippen molar-refractivity contribution in [1.29, 1.82) is 0 Å². The molecule has 160 valence electrons. The number of nitrogens with zero attached hydrogens (tertiary/aromatic N) is 4. The van der Waals surface area contributed by atoms with E-state index in [0.717, 1.165) is 37.3 Å². The lowest BCUT2D eigenvalue weighted by Crippen LogP contribution is -2.54. The average Bonchev–Trinajstić information content (AvgIpc) is 3.38. The molecular weight excluding hydrogens is 370 g/mol. The Kier molecular flexibility index (Phi) is 4.95. The monoisotopic (exact) mass is 403 g/mol. The van der Waals surface area contributed by atoms with Gasteiger partial charge in [-0.25, -0.2) is 4.98 Å². The third-order valence-corrected chi connectivity index (χ3v) is 7.68. The first kappa shape index (κ1) is 19.5. The predicted octanol–water partition coefficient (Wildman–Crippen LogP) is 0.0332. The van der Waals surface area contributed by atoms with Crippen LogP contribution in [0.1, 0.15) is 31.2 Å². The number of fused-ring (bicyclic) bond motifs is 1. The lowest BCUT2D eigenvalue weighted by atomic mass is 9.85. The number of nitrogens with two attached hydrogens (primary N) is 1. The predicted molar refractivity (Wildman–Crippen MR) is 111 cm³/mol. The molecule has 8 heteroatoms. The molecule has 0 aliphatic carbocycles. The van der Waals surface area contributed by atoms with E-state index in [1.54, 1.807) is 6.20 Å². The molecule has 1 aromatic rings. The van der Waals surface area contributed by atoms with E-state index in [1.807, 2.05) is 11.0 Å². The van der Waals surface area contributed by atoms with Gasteiger partial charge < -0.3 is 30.5 Å². The highest BCUT2D eigenvalue weighted by Gasteiger charge is 2.50. The number of anilines is 2. The highest BCUT2D eigenvalue weighted by atomic mass is 16.6. The number of likely N-dealkylation sites (tertiary alicyclic amines) is 2. The van der Waals surface area contributed by atoms with Crippen LogP contribution in [0.2, 0.25) is 0 Å². The summed E-state index contributed by atoms with van der Waals surface area (Å²) < 4.78 is 6.30. The number of hydrogen-bond acceptors (Lipinski definition) is 8. The van der Waals surface area contributed by atoms with Crippen LogP contribution in [0.25, 0.3) is 0 Å². The average molecular weight is 404 g/mol. The highest BCUT2D eigenvalue weighted by Crippen LogP contribution is 2.40. The zero-order chi connectivity index (χ0) is 20.2. The fourth-order valence-corrected chi connectivity index (χ4v) is 5.88. The maximum atomic E-state index is 10.8. The van der Waals surface area contributed by atoms with E-state index in [2.05, 4.69) is 21.8 Å². The van der Waals surface area contributed by atoms with E-state index < -0.39 is 18.4 Å². The van der Waals surface area contributed by atoms with Crippen LogP contribution in [0.5, 0.6) is 0 Å². The number of piperidine rings is 1. The minimum Gasteiger partial charge on any atom is -0.387 e. The van der Waals surface area contributed by atoms with E-state index in [9.17, 15) is 10.2 Å². The number of ether oxygens (including phenoxy) is 1. The first-order valence-corrected chi connectivity index (χ1v) is 10.9. The number of aromatic nitrogens is 1. The molecule has 1 spiro atoms. The summed E-state index contributed by atoms with van der Waals surface area (Å²) in [6.07, 6.45) is 4.49. The topological polar surface area (TPSA) is 98.3 Å². The van der Waals surface area contributed by atoms with Crippen LogP contribution in [0.15, 0.2) is 12.3 Å². The van der Waals surface area contributed by atoms with Gasteiger partial charge >= 0.3 is 0 Å². The van der Waals surface area contributed by atoms with Crippen LogP contribution in [0, 0.1) is 0 Å². The summed E-state index contributed by atoms with van der Waals surface area (Å²) in [5.41, 5.74) is 8.22. The molecule has 5 heterocycles. The molecule has 0 unspecified atom stereocenters. The second-order valence-corrected chi connectivity index (χ2v) is 9.26. The van der Waals surface area contributed by atoms with Gasteiger partial charge in [-0.3, -0.25) is 4.90 Å². The van der Waals surface area contributed by atoms with Gasteiger partial charge in [0, 0.05) is 36.1 Å². The lowest BCUT2D eigenvalue weighted by Gasteiger charge is -2.45. The highest BCUT2D eigenvalue weighted by molar-refractivity contribution is 5.65. The normalized spacial score (nSPS) is 34.9. The number of aliphatic hydroxyl groups excluding tert-OH is 2. The summed E-state index contributed by atoms with van der Waals surface area (Å²) in [5, 5.41) is 21.6. The zero-order valence-electron chi connectivity index (χ0n) is 17.2. The molecule has 0 radical (unpaired) electrons. The van der Waals surface area contributed by atoms with Crippen LogP contribution in [0.4, 0.5) is 11.5 Å². The molecule has 4 N–H and O–H groups in total. The largest absolute Gasteiger partial charge is 0.387 e. The molecule has 3 saturated heterocycles. The molecule has 3 fully saturated rings. The molecule has 5 rings (SSSR count). The zero-order valence-corrected chi connectivity index (χ0v) is 17.2. The Balaban J connectivity index is 1.30. The van der Waals surface area contributed by atoms with Gasteiger partial charge in [-0.15, -0.1) is 0 Å². The molecule has 0 amide bonds. The molecule has 8 nitrogen and oxygen atoms in total. The van der Waals surface area contributed by atoms with Crippen molar-refractivity contribution in [3.05, 3.63) is 17.8 Å². The summed E-state index contributed by atoms with van der Waals surface area (Å²) in [6.45, 7) is 4.68. The van der Waals surface area contributed by atoms with Crippen molar-refractivity contribution < 1.29 is 14.9 Å². The summed E-state index contributed by atoms with van der Waals surface area (Å²) in [7, 11) is 2.19. The molecule has 4 atom stereocenters. The van der Waals surface area contributed by atoms with Crippen molar-refractivity contribution in [2.45, 2.75) is 62.2 Å². The molecule has 0 aromatic carbocycles. The van der Waals surface area contributed by atoms with Crippen molar-refractivity contribution >= 4 is 11.5 Å². The van der Waals surface area contributed by atoms with Gasteiger partial charge in [0.25, 0.3) is 0 Å². The van der Waals surface area contributed by atoms with Gasteiger partial charge in [-0.05, 0) is 64.9 Å². The van der Waals surface area contributed by atoms with E-state index >= 15 is 0 Å². The van der Waals surface area contributed by atoms with Crippen LogP contribution in [-0.4, -0.2) is 94.8 Å². The number of aliphatic hydroxyl groups is 2. The Hall–Kier alpha value is -1.45. The van der Waals surface area contributed by atoms with Gasteiger partial charge in [-0.2, -0.15) is 0 Å². The first-order chi connectivity index (χ1) is 14.0. The Morgan fingerprint density at radius 1 is 1.17 bits per heavy atom.